The van der Waals surface area contributed by atoms with Crippen molar-refractivity contribution in [1.82, 2.24) is 0 Å². The zero-order valence-corrected chi connectivity index (χ0v) is 14.5. The molecule has 0 amide bonds. The van der Waals surface area contributed by atoms with Crippen molar-refractivity contribution in [2.45, 2.75) is 85.0 Å². The van der Waals surface area contributed by atoms with E-state index in [-0.39, 0.29) is 0 Å². The predicted octanol–water partition coefficient (Wildman–Crippen LogP) is 6.99. The van der Waals surface area contributed by atoms with E-state index < -0.39 is 0 Å². The van der Waals surface area contributed by atoms with Crippen molar-refractivity contribution >= 4 is 0 Å². The van der Waals surface area contributed by atoms with Gasteiger partial charge in [-0.15, -0.1) is 0 Å². The van der Waals surface area contributed by atoms with Crippen LogP contribution in [0.5, 0.6) is 0 Å². The van der Waals surface area contributed by atoms with Crippen LogP contribution < -0.4 is 0 Å². The van der Waals surface area contributed by atoms with Crippen molar-refractivity contribution in [2.75, 3.05) is 0 Å². The van der Waals surface area contributed by atoms with Crippen LogP contribution in [0.4, 0.5) is 0 Å². The molecular formula is C21H35. The van der Waals surface area contributed by atoms with Gasteiger partial charge in [-0.2, -0.15) is 0 Å². The Balaban J connectivity index is 2.14. The van der Waals surface area contributed by atoms with Gasteiger partial charge in [-0.25, -0.2) is 0 Å². The van der Waals surface area contributed by atoms with Gasteiger partial charge in [0, 0.05) is 0 Å². The van der Waals surface area contributed by atoms with Gasteiger partial charge in [-0.3, -0.25) is 0 Å². The first kappa shape index (κ1) is 18.3. The highest BCUT2D eigenvalue weighted by Crippen LogP contribution is 2.25. The Morgan fingerprint density at radius 1 is 0.810 bits per heavy atom. The van der Waals surface area contributed by atoms with E-state index in [0.717, 1.165) is 5.92 Å². The Bertz CT molecular complexity index is 325. The second-order valence-corrected chi connectivity index (χ2v) is 6.73. The number of hydrogen-bond donors (Lipinski definition) is 0. The third-order valence-corrected chi connectivity index (χ3v) is 4.55. The van der Waals surface area contributed by atoms with Gasteiger partial charge in [0.05, 0.1) is 0 Å². The maximum atomic E-state index is 2.30. The fourth-order valence-electron chi connectivity index (χ4n) is 3.02. The molecule has 0 fully saturated rings. The summed E-state index contributed by atoms with van der Waals surface area (Å²) in [5.74, 6) is 2.37. The molecule has 119 valence electrons. The lowest BCUT2D eigenvalue weighted by molar-refractivity contribution is 0.461. The quantitative estimate of drug-likeness (QED) is 0.363. The van der Waals surface area contributed by atoms with Crippen molar-refractivity contribution in [3.8, 4) is 0 Å². The summed E-state index contributed by atoms with van der Waals surface area (Å²) in [4.78, 5) is 0. The highest BCUT2D eigenvalue weighted by atomic mass is 14.2. The van der Waals surface area contributed by atoms with Gasteiger partial charge in [0.15, 0.2) is 0 Å². The van der Waals surface area contributed by atoms with Crippen LogP contribution in [-0.2, 0) is 6.42 Å². The molecule has 0 aromatic heterocycles. The summed E-state index contributed by atoms with van der Waals surface area (Å²) in [7, 11) is 0. The summed E-state index contributed by atoms with van der Waals surface area (Å²) in [5.41, 5.74) is 1.49. The van der Waals surface area contributed by atoms with Crippen LogP contribution in [0, 0.1) is 11.8 Å². The molecule has 0 saturated heterocycles. The van der Waals surface area contributed by atoms with Crippen molar-refractivity contribution in [3.05, 3.63) is 41.8 Å². The van der Waals surface area contributed by atoms with Crippen LogP contribution in [0.3, 0.4) is 0 Å². The van der Waals surface area contributed by atoms with Crippen LogP contribution in [0.2, 0.25) is 0 Å². The minimum Gasteiger partial charge on any atom is -0.0654 e. The molecule has 1 atom stereocenters. The fraction of sp³-hybridized carbons (Fsp3) is 0.667. The van der Waals surface area contributed by atoms with Crippen LogP contribution in [0.15, 0.2) is 30.3 Å². The van der Waals surface area contributed by atoms with Crippen LogP contribution >= 0.6 is 0 Å². The molecular weight excluding hydrogens is 252 g/mol. The van der Waals surface area contributed by atoms with E-state index in [4.69, 9.17) is 0 Å². The Hall–Kier alpha value is -0.780. The molecule has 0 aliphatic heterocycles. The lowest BCUT2D eigenvalue weighted by Crippen LogP contribution is -2.10. The van der Waals surface area contributed by atoms with E-state index in [1.165, 1.54) is 69.8 Å². The van der Waals surface area contributed by atoms with Crippen molar-refractivity contribution in [2.24, 2.45) is 5.92 Å². The molecule has 0 saturated carbocycles. The Labute approximate surface area is 133 Å². The molecule has 0 aliphatic carbocycles. The summed E-state index contributed by atoms with van der Waals surface area (Å²) in [6.07, 6.45) is 13.9. The summed E-state index contributed by atoms with van der Waals surface area (Å²) in [5, 5.41) is 0. The highest BCUT2D eigenvalue weighted by molar-refractivity contribution is 5.16. The first-order chi connectivity index (χ1) is 10.2. The third-order valence-electron chi connectivity index (χ3n) is 4.55. The average molecular weight is 288 g/mol. The summed E-state index contributed by atoms with van der Waals surface area (Å²) in [6, 6.07) is 11.0. The monoisotopic (exact) mass is 287 g/mol. The average Bonchev–Trinajstić information content (AvgIpc) is 2.49. The molecule has 0 spiro atoms. The minimum atomic E-state index is 0.771. The van der Waals surface area contributed by atoms with Crippen molar-refractivity contribution < 1.29 is 0 Å². The van der Waals surface area contributed by atoms with E-state index in [1.54, 1.807) is 5.92 Å². The van der Waals surface area contributed by atoms with Crippen molar-refractivity contribution in [1.29, 1.82) is 0 Å². The van der Waals surface area contributed by atoms with E-state index in [1.807, 2.05) is 0 Å². The predicted molar refractivity (Wildman–Crippen MR) is 95.5 cm³/mol. The molecule has 1 aromatic carbocycles. The summed E-state index contributed by atoms with van der Waals surface area (Å²) in [6.45, 7) is 6.90. The molecule has 0 aliphatic rings. The molecule has 21 heavy (non-hydrogen) atoms. The van der Waals surface area contributed by atoms with Gasteiger partial charge >= 0.3 is 0 Å². The number of rotatable bonds is 12. The summed E-state index contributed by atoms with van der Waals surface area (Å²) < 4.78 is 0. The number of benzene rings is 1. The van der Waals surface area contributed by atoms with Crippen LogP contribution in [-0.4, -0.2) is 0 Å². The van der Waals surface area contributed by atoms with E-state index in [0.29, 0.717) is 0 Å². The van der Waals surface area contributed by atoms with E-state index in [2.05, 4.69) is 51.1 Å². The molecule has 0 N–H and O–H groups in total. The first-order valence-electron chi connectivity index (χ1n) is 9.08. The molecule has 0 heteroatoms. The minimum absolute atomic E-state index is 0.771. The molecule has 1 aromatic rings. The maximum absolute atomic E-state index is 2.30. The van der Waals surface area contributed by atoms with E-state index >= 15 is 0 Å². The Morgan fingerprint density at radius 3 is 1.95 bits per heavy atom. The molecule has 1 unspecified atom stereocenters. The zero-order valence-electron chi connectivity index (χ0n) is 14.5. The van der Waals surface area contributed by atoms with Gasteiger partial charge in [-0.1, -0.05) is 102 Å². The smallest absolute Gasteiger partial charge is 0.0245 e. The normalized spacial score (nSPS) is 12.8. The van der Waals surface area contributed by atoms with Crippen molar-refractivity contribution in [3.63, 3.8) is 0 Å². The largest absolute Gasteiger partial charge is 0.0654 e. The lowest BCUT2D eigenvalue weighted by Gasteiger charge is -2.20. The topological polar surface area (TPSA) is 0 Å². The maximum Gasteiger partial charge on any atom is -0.0245 e. The molecule has 1 radical (unpaired) electrons. The second-order valence-electron chi connectivity index (χ2n) is 6.73. The molecule has 0 heterocycles. The van der Waals surface area contributed by atoms with Crippen LogP contribution in [0.1, 0.15) is 84.1 Å². The highest BCUT2D eigenvalue weighted by Gasteiger charge is 2.13. The second kappa shape index (κ2) is 11.8. The Morgan fingerprint density at radius 2 is 1.38 bits per heavy atom. The molecule has 0 nitrogen and oxygen atoms in total. The molecule has 1 rings (SSSR count). The van der Waals surface area contributed by atoms with Gasteiger partial charge in [0.25, 0.3) is 0 Å². The number of unbranched alkanes of at least 4 members (excludes halogenated alkanes) is 7. The van der Waals surface area contributed by atoms with E-state index in [9.17, 15) is 0 Å². The standard InChI is InChI=1S/C21H35/c1-4-5-6-7-8-9-10-14-17-21(19(2)3)18-20-15-12-11-13-16-20/h11-13,15-16,21H,4-10,14,17-18H2,1-3H3. The van der Waals surface area contributed by atoms with Gasteiger partial charge in [0.2, 0.25) is 0 Å². The lowest BCUT2D eigenvalue weighted by atomic mass is 9.85. The van der Waals surface area contributed by atoms with Crippen LogP contribution in [0.25, 0.3) is 0 Å². The zero-order chi connectivity index (χ0) is 15.3. The SMILES string of the molecule is CCCCCCCCCCC(Cc1ccccc1)[C](C)C. The van der Waals surface area contributed by atoms with Gasteiger partial charge in [-0.05, 0) is 30.2 Å². The fourth-order valence-corrected chi connectivity index (χ4v) is 3.02. The Kier molecular flexibility index (Phi) is 10.3. The van der Waals surface area contributed by atoms with Gasteiger partial charge in [0.1, 0.15) is 0 Å². The first-order valence-corrected chi connectivity index (χ1v) is 9.08. The summed E-state index contributed by atoms with van der Waals surface area (Å²) >= 11 is 0. The number of hydrogen-bond acceptors (Lipinski definition) is 0. The third kappa shape index (κ3) is 8.96. The molecule has 0 bridgehead atoms. The van der Waals surface area contributed by atoms with Gasteiger partial charge < -0.3 is 0 Å².